The summed E-state index contributed by atoms with van der Waals surface area (Å²) >= 11 is 0. The molecule has 0 radical (unpaired) electrons. The fourth-order valence-corrected chi connectivity index (χ4v) is 3.15. The van der Waals surface area contributed by atoms with Crippen molar-refractivity contribution in [3.8, 4) is 0 Å². The summed E-state index contributed by atoms with van der Waals surface area (Å²) in [6, 6.07) is 6.31. The highest BCUT2D eigenvalue weighted by Crippen LogP contribution is 2.30. The number of likely N-dealkylation sites (N-methyl/N-ethyl adjacent to an activating group) is 1. The lowest BCUT2D eigenvalue weighted by atomic mass is 10.1. The fourth-order valence-electron chi connectivity index (χ4n) is 3.15. The van der Waals surface area contributed by atoms with Crippen LogP contribution in [0.15, 0.2) is 24.4 Å². The van der Waals surface area contributed by atoms with E-state index >= 15 is 0 Å². The lowest BCUT2D eigenvalue weighted by molar-refractivity contribution is -0.129. The van der Waals surface area contributed by atoms with Crippen molar-refractivity contribution in [2.45, 2.75) is 18.9 Å². The van der Waals surface area contributed by atoms with E-state index in [9.17, 15) is 4.79 Å². The molecular formula is C14H19N3O. The Morgan fingerprint density at radius 1 is 1.44 bits per heavy atom. The minimum absolute atomic E-state index is 0.219. The highest BCUT2D eigenvalue weighted by molar-refractivity contribution is 5.78. The smallest absolute Gasteiger partial charge is 0.228 e. The standard InChI is InChI=1S/C14H19N3O/c1-16-7-5-11-9-17(10-13(11)16)14(18)8-12-4-2-3-6-15-12/h2-4,6,11,13H,5,7-10H2,1H3/t11-,13+/m1/s1. The molecule has 1 amide bonds. The van der Waals surface area contributed by atoms with Gasteiger partial charge in [-0.1, -0.05) is 6.07 Å². The van der Waals surface area contributed by atoms with Crippen LogP contribution in [-0.2, 0) is 11.2 Å². The molecule has 2 aliphatic heterocycles. The number of likely N-dealkylation sites (tertiary alicyclic amines) is 2. The van der Waals surface area contributed by atoms with Crippen molar-refractivity contribution in [2.75, 3.05) is 26.7 Å². The summed E-state index contributed by atoms with van der Waals surface area (Å²) in [5, 5.41) is 0. The van der Waals surface area contributed by atoms with Gasteiger partial charge in [0, 0.05) is 31.0 Å². The Kier molecular flexibility index (Phi) is 3.04. The van der Waals surface area contributed by atoms with Crippen LogP contribution in [-0.4, -0.2) is 53.4 Å². The molecule has 1 aromatic heterocycles. The van der Waals surface area contributed by atoms with Crippen LogP contribution in [0.1, 0.15) is 12.1 Å². The molecule has 2 fully saturated rings. The molecule has 2 saturated heterocycles. The van der Waals surface area contributed by atoms with Gasteiger partial charge in [-0.25, -0.2) is 0 Å². The van der Waals surface area contributed by atoms with Crippen molar-refractivity contribution >= 4 is 5.91 Å². The van der Waals surface area contributed by atoms with Gasteiger partial charge in [0.25, 0.3) is 0 Å². The van der Waals surface area contributed by atoms with Crippen LogP contribution in [0.4, 0.5) is 0 Å². The Morgan fingerprint density at radius 3 is 3.06 bits per heavy atom. The summed E-state index contributed by atoms with van der Waals surface area (Å²) < 4.78 is 0. The Hall–Kier alpha value is -1.42. The van der Waals surface area contributed by atoms with Crippen LogP contribution >= 0.6 is 0 Å². The lowest BCUT2D eigenvalue weighted by Crippen LogP contribution is -2.35. The molecule has 0 aliphatic carbocycles. The van der Waals surface area contributed by atoms with Gasteiger partial charge in [0.2, 0.25) is 5.91 Å². The van der Waals surface area contributed by atoms with Crippen molar-refractivity contribution in [3.63, 3.8) is 0 Å². The fraction of sp³-hybridized carbons (Fsp3) is 0.571. The van der Waals surface area contributed by atoms with Gasteiger partial charge in [-0.3, -0.25) is 9.78 Å². The molecule has 18 heavy (non-hydrogen) atoms. The van der Waals surface area contributed by atoms with Gasteiger partial charge >= 0.3 is 0 Å². The molecule has 0 bridgehead atoms. The number of rotatable bonds is 2. The minimum Gasteiger partial charge on any atom is -0.340 e. The van der Waals surface area contributed by atoms with Crippen molar-refractivity contribution in [1.82, 2.24) is 14.8 Å². The molecule has 4 nitrogen and oxygen atoms in total. The van der Waals surface area contributed by atoms with E-state index in [1.54, 1.807) is 6.20 Å². The molecule has 0 aromatic carbocycles. The van der Waals surface area contributed by atoms with Gasteiger partial charge in [-0.2, -0.15) is 0 Å². The van der Waals surface area contributed by atoms with Crippen LogP contribution in [0, 0.1) is 5.92 Å². The Labute approximate surface area is 108 Å². The van der Waals surface area contributed by atoms with Crippen molar-refractivity contribution in [1.29, 1.82) is 0 Å². The molecule has 4 heteroatoms. The summed E-state index contributed by atoms with van der Waals surface area (Å²) in [5.41, 5.74) is 0.868. The number of aromatic nitrogens is 1. The van der Waals surface area contributed by atoms with Crippen molar-refractivity contribution < 1.29 is 4.79 Å². The minimum atomic E-state index is 0.219. The second-order valence-corrected chi connectivity index (χ2v) is 5.39. The van der Waals surface area contributed by atoms with E-state index in [4.69, 9.17) is 0 Å². The molecule has 0 N–H and O–H groups in total. The summed E-state index contributed by atoms with van der Waals surface area (Å²) in [4.78, 5) is 20.8. The van der Waals surface area contributed by atoms with E-state index in [2.05, 4.69) is 16.9 Å². The normalized spacial score (nSPS) is 27.5. The second-order valence-electron chi connectivity index (χ2n) is 5.39. The molecule has 0 spiro atoms. The van der Waals surface area contributed by atoms with Crippen molar-refractivity contribution in [3.05, 3.63) is 30.1 Å². The third-order valence-electron chi connectivity index (χ3n) is 4.24. The molecule has 2 aliphatic rings. The maximum absolute atomic E-state index is 12.2. The molecule has 0 unspecified atom stereocenters. The first-order chi connectivity index (χ1) is 8.74. The Morgan fingerprint density at radius 2 is 2.33 bits per heavy atom. The van der Waals surface area contributed by atoms with E-state index in [1.807, 2.05) is 23.1 Å². The van der Waals surface area contributed by atoms with Gasteiger partial charge in [0.05, 0.1) is 6.42 Å². The van der Waals surface area contributed by atoms with Gasteiger partial charge in [-0.15, -0.1) is 0 Å². The average Bonchev–Trinajstić information content (AvgIpc) is 2.93. The van der Waals surface area contributed by atoms with Crippen molar-refractivity contribution in [2.24, 2.45) is 5.92 Å². The first-order valence-electron chi connectivity index (χ1n) is 6.62. The van der Waals surface area contributed by atoms with Gasteiger partial charge in [0.1, 0.15) is 0 Å². The Bertz CT molecular complexity index is 434. The molecule has 0 saturated carbocycles. The zero-order chi connectivity index (χ0) is 12.5. The molecule has 2 atom stereocenters. The largest absolute Gasteiger partial charge is 0.340 e. The number of hydrogen-bond acceptors (Lipinski definition) is 3. The number of carbonyl (C=O) groups is 1. The van der Waals surface area contributed by atoms with E-state index in [-0.39, 0.29) is 5.91 Å². The third kappa shape index (κ3) is 2.12. The zero-order valence-electron chi connectivity index (χ0n) is 10.7. The SMILES string of the molecule is CN1CC[C@@H]2CN(C(=O)Cc3ccccn3)C[C@@H]21. The quantitative estimate of drug-likeness (QED) is 0.773. The van der Waals surface area contributed by atoms with Crippen LogP contribution in [0.3, 0.4) is 0 Å². The summed E-state index contributed by atoms with van der Waals surface area (Å²) in [5.74, 6) is 0.902. The highest BCUT2D eigenvalue weighted by Gasteiger charge is 2.40. The van der Waals surface area contributed by atoms with Gasteiger partial charge in [0.15, 0.2) is 0 Å². The monoisotopic (exact) mass is 245 g/mol. The topological polar surface area (TPSA) is 36.4 Å². The zero-order valence-corrected chi connectivity index (χ0v) is 10.7. The number of fused-ring (bicyclic) bond motifs is 1. The van der Waals surface area contributed by atoms with Crippen LogP contribution < -0.4 is 0 Å². The summed E-state index contributed by atoms with van der Waals surface area (Å²) in [7, 11) is 2.16. The van der Waals surface area contributed by atoms with Crippen LogP contribution in [0.2, 0.25) is 0 Å². The van der Waals surface area contributed by atoms with E-state index in [1.165, 1.54) is 13.0 Å². The third-order valence-corrected chi connectivity index (χ3v) is 4.24. The maximum atomic E-state index is 12.2. The first-order valence-corrected chi connectivity index (χ1v) is 6.62. The number of amides is 1. The molecular weight excluding hydrogens is 226 g/mol. The average molecular weight is 245 g/mol. The molecule has 3 heterocycles. The first kappa shape index (κ1) is 11.7. The highest BCUT2D eigenvalue weighted by atomic mass is 16.2. The molecule has 1 aromatic rings. The van der Waals surface area contributed by atoms with Gasteiger partial charge < -0.3 is 9.80 Å². The lowest BCUT2D eigenvalue weighted by Gasteiger charge is -2.20. The summed E-state index contributed by atoms with van der Waals surface area (Å²) in [6.45, 7) is 3.01. The summed E-state index contributed by atoms with van der Waals surface area (Å²) in [6.07, 6.45) is 3.41. The maximum Gasteiger partial charge on any atom is 0.228 e. The molecule has 96 valence electrons. The Balaban J connectivity index is 1.62. The molecule has 3 rings (SSSR count). The van der Waals surface area contributed by atoms with E-state index in [0.717, 1.165) is 18.8 Å². The number of hydrogen-bond donors (Lipinski definition) is 0. The van der Waals surface area contributed by atoms with Crippen LogP contribution in [0.5, 0.6) is 0 Å². The number of carbonyl (C=O) groups excluding carboxylic acids is 1. The number of pyridine rings is 1. The van der Waals surface area contributed by atoms with Gasteiger partial charge in [-0.05, 0) is 38.1 Å². The second kappa shape index (κ2) is 4.69. The number of nitrogens with zero attached hydrogens (tertiary/aromatic N) is 3. The van der Waals surface area contributed by atoms with Crippen LogP contribution in [0.25, 0.3) is 0 Å². The van der Waals surface area contributed by atoms with E-state index in [0.29, 0.717) is 18.4 Å². The predicted octanol–water partition coefficient (Wildman–Crippen LogP) is 0.787. The van der Waals surface area contributed by atoms with E-state index < -0.39 is 0 Å². The predicted molar refractivity (Wildman–Crippen MR) is 69.0 cm³/mol.